The van der Waals surface area contributed by atoms with Crippen LogP contribution in [0.25, 0.3) is 0 Å². The quantitative estimate of drug-likeness (QED) is 0.415. The lowest BCUT2D eigenvalue weighted by Crippen LogP contribution is -2.14. The number of aliphatic hydroxyl groups is 2. The molecule has 35 heavy (non-hydrogen) atoms. The summed E-state index contributed by atoms with van der Waals surface area (Å²) in [5.74, 6) is -1.16. The van der Waals surface area contributed by atoms with Gasteiger partial charge in [-0.3, -0.25) is 0 Å². The van der Waals surface area contributed by atoms with Crippen molar-refractivity contribution in [3.8, 4) is 0 Å². The van der Waals surface area contributed by atoms with E-state index in [1.165, 1.54) is 11.8 Å². The first-order valence-corrected chi connectivity index (χ1v) is 12.2. The fourth-order valence-corrected chi connectivity index (χ4v) is 4.17. The maximum Gasteiger partial charge on any atom is 0.338 e. The molecule has 1 aliphatic rings. The predicted molar refractivity (Wildman–Crippen MR) is 139 cm³/mol. The summed E-state index contributed by atoms with van der Waals surface area (Å²) < 4.78 is 5.23. The van der Waals surface area contributed by atoms with Crippen LogP contribution in [0.4, 0.5) is 0 Å². The Labute approximate surface area is 210 Å². The van der Waals surface area contributed by atoms with E-state index in [0.29, 0.717) is 17.7 Å². The van der Waals surface area contributed by atoms with E-state index in [4.69, 9.17) is 14.9 Å². The minimum absolute atomic E-state index is 0.140. The highest BCUT2D eigenvalue weighted by Gasteiger charge is 2.24. The summed E-state index contributed by atoms with van der Waals surface area (Å²) in [4.78, 5) is 22.0. The smallest absolute Gasteiger partial charge is 0.338 e. The van der Waals surface area contributed by atoms with E-state index in [1.54, 1.807) is 36.4 Å². The molecule has 0 aromatic heterocycles. The number of hydrogen-bond donors (Lipinski definition) is 3. The molecule has 3 aromatic carbocycles. The summed E-state index contributed by atoms with van der Waals surface area (Å²) in [5.41, 5.74) is 3.79. The standard InChI is InChI=1S/C13H16O3S.C8H8O2.C7H8O/c1-9-2-4-10(5-3-9)13(15)16-8-11-6-7-12(14)17-11;1-6-2-4-7(5-3-6)8(9)10;8-6-7-4-2-1-3-5-7/h2-5,11-12,14H,6-8H2,1H3;2-5H,1H3,(H,9,10);1-5,8H,6H2/t11-,12?;;/m0../s1. The van der Waals surface area contributed by atoms with Crippen molar-refractivity contribution >= 4 is 23.7 Å². The summed E-state index contributed by atoms with van der Waals surface area (Å²) in [7, 11) is 0. The number of hydrogen-bond acceptors (Lipinski definition) is 6. The van der Waals surface area contributed by atoms with Crippen LogP contribution in [0.15, 0.2) is 78.9 Å². The summed E-state index contributed by atoms with van der Waals surface area (Å²) in [6, 6.07) is 23.6. The van der Waals surface area contributed by atoms with E-state index in [1.807, 2.05) is 56.3 Å². The Balaban J connectivity index is 0.000000204. The Morgan fingerprint density at radius 3 is 1.83 bits per heavy atom. The molecule has 2 atom stereocenters. The fraction of sp³-hybridized carbons (Fsp3) is 0.286. The Kier molecular flexibility index (Phi) is 12.0. The van der Waals surface area contributed by atoms with Crippen molar-refractivity contribution in [2.75, 3.05) is 6.61 Å². The molecule has 1 unspecified atom stereocenters. The lowest BCUT2D eigenvalue weighted by atomic mass is 10.1. The molecule has 1 aliphatic heterocycles. The van der Waals surface area contributed by atoms with Crippen molar-refractivity contribution < 1.29 is 29.6 Å². The third-order valence-electron chi connectivity index (χ3n) is 5.10. The lowest BCUT2D eigenvalue weighted by Gasteiger charge is -2.10. The molecule has 0 spiro atoms. The summed E-state index contributed by atoms with van der Waals surface area (Å²) >= 11 is 1.48. The maximum atomic E-state index is 11.7. The van der Waals surface area contributed by atoms with Gasteiger partial charge in [0.2, 0.25) is 0 Å². The first-order chi connectivity index (χ1) is 16.8. The van der Waals surface area contributed by atoms with Crippen LogP contribution in [-0.4, -0.2) is 44.6 Å². The SMILES string of the molecule is Cc1ccc(C(=O)O)cc1.Cc1ccc(C(=O)OC[C@@H]2CCC(O)S2)cc1.OCc1ccccc1. The molecule has 7 heteroatoms. The minimum Gasteiger partial charge on any atom is -0.478 e. The monoisotopic (exact) mass is 496 g/mol. The zero-order valence-electron chi connectivity index (χ0n) is 20.0. The zero-order chi connectivity index (χ0) is 25.6. The topological polar surface area (TPSA) is 104 Å². The number of ether oxygens (including phenoxy) is 1. The fourth-order valence-electron chi connectivity index (χ4n) is 3.03. The van der Waals surface area contributed by atoms with E-state index < -0.39 is 5.97 Å². The average Bonchev–Trinajstić information content (AvgIpc) is 3.29. The van der Waals surface area contributed by atoms with Crippen molar-refractivity contribution in [3.05, 3.63) is 107 Å². The van der Waals surface area contributed by atoms with E-state index >= 15 is 0 Å². The highest BCUT2D eigenvalue weighted by molar-refractivity contribution is 8.00. The van der Waals surface area contributed by atoms with Crippen LogP contribution in [0.3, 0.4) is 0 Å². The van der Waals surface area contributed by atoms with Crippen molar-refractivity contribution in [3.63, 3.8) is 0 Å². The number of esters is 1. The van der Waals surface area contributed by atoms with Gasteiger partial charge in [-0.05, 0) is 56.5 Å². The molecule has 0 bridgehead atoms. The second-order valence-electron chi connectivity index (χ2n) is 8.07. The molecular formula is C28H32O6S. The Morgan fingerprint density at radius 1 is 0.857 bits per heavy atom. The average molecular weight is 497 g/mol. The highest BCUT2D eigenvalue weighted by atomic mass is 32.2. The van der Waals surface area contributed by atoms with Crippen molar-refractivity contribution in [1.29, 1.82) is 0 Å². The van der Waals surface area contributed by atoms with E-state index in [2.05, 4.69) is 0 Å². The third kappa shape index (κ3) is 10.8. The number of benzene rings is 3. The van der Waals surface area contributed by atoms with Crippen LogP contribution in [0.5, 0.6) is 0 Å². The number of carboxylic acid groups (broad SMARTS) is 1. The number of carboxylic acids is 1. The second kappa shape index (κ2) is 15.0. The Morgan fingerprint density at radius 2 is 1.40 bits per heavy atom. The first kappa shape index (κ1) is 28.1. The van der Waals surface area contributed by atoms with Gasteiger partial charge in [-0.25, -0.2) is 9.59 Å². The predicted octanol–water partition coefficient (Wildman–Crippen LogP) is 5.24. The van der Waals surface area contributed by atoms with Crippen LogP contribution in [0.2, 0.25) is 0 Å². The van der Waals surface area contributed by atoms with Gasteiger partial charge in [-0.1, -0.05) is 65.7 Å². The largest absolute Gasteiger partial charge is 0.478 e. The molecule has 0 aliphatic carbocycles. The van der Waals surface area contributed by atoms with Gasteiger partial charge in [0.25, 0.3) is 0 Å². The number of carbonyl (C=O) groups excluding carboxylic acids is 1. The van der Waals surface area contributed by atoms with Gasteiger partial charge < -0.3 is 20.1 Å². The van der Waals surface area contributed by atoms with Gasteiger partial charge in [0.05, 0.1) is 23.2 Å². The molecule has 3 N–H and O–H groups in total. The highest BCUT2D eigenvalue weighted by Crippen LogP contribution is 2.31. The number of carbonyl (C=O) groups is 2. The number of aryl methyl sites for hydroxylation is 2. The first-order valence-electron chi connectivity index (χ1n) is 11.3. The van der Waals surface area contributed by atoms with E-state index in [9.17, 15) is 14.7 Å². The molecular weight excluding hydrogens is 464 g/mol. The number of thioether (sulfide) groups is 1. The second-order valence-corrected chi connectivity index (χ2v) is 9.55. The van der Waals surface area contributed by atoms with Crippen molar-refractivity contribution in [2.24, 2.45) is 0 Å². The molecule has 1 saturated heterocycles. The number of aromatic carboxylic acids is 1. The molecule has 0 amide bonds. The van der Waals surface area contributed by atoms with Gasteiger partial charge in [0, 0.05) is 5.25 Å². The molecule has 0 saturated carbocycles. The van der Waals surface area contributed by atoms with Crippen LogP contribution in [0, 0.1) is 13.8 Å². The normalized spacial score (nSPS) is 16.2. The van der Waals surface area contributed by atoms with Gasteiger partial charge in [0.1, 0.15) is 6.61 Å². The molecule has 1 heterocycles. The minimum atomic E-state index is -0.875. The lowest BCUT2D eigenvalue weighted by molar-refractivity contribution is 0.0505. The van der Waals surface area contributed by atoms with Gasteiger partial charge in [-0.2, -0.15) is 0 Å². The molecule has 186 valence electrons. The molecule has 4 rings (SSSR count). The molecule has 6 nitrogen and oxygen atoms in total. The zero-order valence-corrected chi connectivity index (χ0v) is 20.8. The number of aliphatic hydroxyl groups excluding tert-OH is 2. The van der Waals surface area contributed by atoms with Gasteiger partial charge in [0.15, 0.2) is 0 Å². The number of rotatable bonds is 5. The van der Waals surface area contributed by atoms with Gasteiger partial charge in [-0.15, -0.1) is 11.8 Å². The Hall–Kier alpha value is -3.13. The van der Waals surface area contributed by atoms with E-state index in [0.717, 1.165) is 29.5 Å². The Bertz CT molecular complexity index is 1040. The van der Waals surface area contributed by atoms with E-state index in [-0.39, 0.29) is 23.3 Å². The van der Waals surface area contributed by atoms with Crippen LogP contribution < -0.4 is 0 Å². The molecule has 1 fully saturated rings. The summed E-state index contributed by atoms with van der Waals surface area (Å²) in [5, 5.41) is 26.6. The maximum absolute atomic E-state index is 11.7. The third-order valence-corrected chi connectivity index (χ3v) is 6.40. The van der Waals surface area contributed by atoms with Crippen LogP contribution in [0.1, 0.15) is 50.2 Å². The summed E-state index contributed by atoms with van der Waals surface area (Å²) in [6.07, 6.45) is 1.70. The van der Waals surface area contributed by atoms with Crippen LogP contribution >= 0.6 is 11.8 Å². The van der Waals surface area contributed by atoms with Gasteiger partial charge >= 0.3 is 11.9 Å². The van der Waals surface area contributed by atoms with Crippen molar-refractivity contribution in [2.45, 2.75) is 44.0 Å². The summed E-state index contributed by atoms with van der Waals surface area (Å²) in [6.45, 7) is 4.42. The van der Waals surface area contributed by atoms with Crippen molar-refractivity contribution in [1.82, 2.24) is 0 Å². The van der Waals surface area contributed by atoms with Crippen LogP contribution in [-0.2, 0) is 11.3 Å². The molecule has 3 aromatic rings. The molecule has 0 radical (unpaired) electrons.